The zero-order valence-electron chi connectivity index (χ0n) is 32.5. The number of fused-ring (bicyclic) bond motifs is 3. The molecule has 4 aliphatic heterocycles. The molecule has 0 bridgehead atoms. The molecule has 2 aliphatic carbocycles. The van der Waals surface area contributed by atoms with E-state index >= 15 is 0 Å². The van der Waals surface area contributed by atoms with E-state index in [0.717, 1.165) is 46.5 Å². The van der Waals surface area contributed by atoms with Crippen molar-refractivity contribution < 1.29 is 19.1 Å². The van der Waals surface area contributed by atoms with Gasteiger partial charge in [-0.3, -0.25) is 19.8 Å². The Labute approximate surface area is 314 Å². The van der Waals surface area contributed by atoms with Crippen LogP contribution in [0.25, 0.3) is 22.3 Å². The molecular weight excluding hydrogens is 661 g/mol. The van der Waals surface area contributed by atoms with Gasteiger partial charge in [0, 0.05) is 49.8 Å². The van der Waals surface area contributed by atoms with Crippen LogP contribution in [0, 0.1) is 5.92 Å². The Kier molecular flexibility index (Phi) is 8.66. The molecule has 2 unspecified atom stereocenters. The van der Waals surface area contributed by atoms with E-state index in [0.29, 0.717) is 31.3 Å². The number of aliphatic imine (C=N–C) groups is 2. The summed E-state index contributed by atoms with van der Waals surface area (Å²) in [6.07, 6.45) is 12.8. The Hall–Kier alpha value is -4.72. The van der Waals surface area contributed by atoms with Gasteiger partial charge in [0.2, 0.25) is 0 Å². The lowest BCUT2D eigenvalue weighted by Gasteiger charge is -2.31. The van der Waals surface area contributed by atoms with Gasteiger partial charge in [-0.15, -0.1) is 0 Å². The van der Waals surface area contributed by atoms with Crippen molar-refractivity contribution in [2.45, 2.75) is 117 Å². The Morgan fingerprint density at radius 1 is 0.679 bits per heavy atom. The van der Waals surface area contributed by atoms with Crippen molar-refractivity contribution in [3.63, 3.8) is 0 Å². The van der Waals surface area contributed by atoms with Gasteiger partial charge in [-0.25, -0.2) is 9.59 Å². The third-order valence-electron chi connectivity index (χ3n) is 11.4. The molecule has 8 heteroatoms. The zero-order chi connectivity index (χ0) is 37.4. The van der Waals surface area contributed by atoms with Gasteiger partial charge in [-0.05, 0) is 131 Å². The number of rotatable bonds is 5. The molecule has 2 aromatic rings. The summed E-state index contributed by atoms with van der Waals surface area (Å²) in [6, 6.07) is 13.2. The summed E-state index contributed by atoms with van der Waals surface area (Å²) in [5.41, 5.74) is 13.6. The van der Waals surface area contributed by atoms with Crippen LogP contribution in [0.1, 0.15) is 109 Å². The van der Waals surface area contributed by atoms with E-state index in [-0.39, 0.29) is 24.3 Å². The van der Waals surface area contributed by atoms with Crippen LogP contribution in [0.5, 0.6) is 0 Å². The van der Waals surface area contributed by atoms with Gasteiger partial charge >= 0.3 is 12.2 Å². The normalized spacial score (nSPS) is 24.8. The summed E-state index contributed by atoms with van der Waals surface area (Å²) in [5, 5.41) is 0. The Bertz CT molecular complexity index is 2070. The number of nitrogens with zero attached hydrogens (tertiary/aromatic N) is 4. The van der Waals surface area contributed by atoms with Crippen LogP contribution in [0.15, 0.2) is 82.1 Å². The van der Waals surface area contributed by atoms with Crippen LogP contribution in [0.2, 0.25) is 0 Å². The fourth-order valence-electron chi connectivity index (χ4n) is 8.89. The molecule has 1 saturated carbocycles. The first-order chi connectivity index (χ1) is 25.1. The Morgan fingerprint density at radius 2 is 1.19 bits per heavy atom. The van der Waals surface area contributed by atoms with E-state index in [4.69, 9.17) is 19.5 Å². The number of hydrogen-bond acceptors (Lipinski definition) is 6. The third-order valence-corrected chi connectivity index (χ3v) is 11.4. The molecule has 1 fully saturated rings. The van der Waals surface area contributed by atoms with Crippen molar-refractivity contribution in [2.24, 2.45) is 15.9 Å². The Morgan fingerprint density at radius 3 is 1.72 bits per heavy atom. The quantitative estimate of drug-likeness (QED) is 0.289. The van der Waals surface area contributed by atoms with Crippen molar-refractivity contribution in [3.05, 3.63) is 94.4 Å². The number of allylic oxidation sites excluding steroid dienone is 2. The minimum absolute atomic E-state index is 0.181. The van der Waals surface area contributed by atoms with Crippen molar-refractivity contribution in [1.82, 2.24) is 9.80 Å². The largest absolute Gasteiger partial charge is 0.444 e. The highest BCUT2D eigenvalue weighted by atomic mass is 16.6. The second-order valence-electron chi connectivity index (χ2n) is 17.8. The van der Waals surface area contributed by atoms with Crippen molar-refractivity contribution in [2.75, 3.05) is 13.1 Å². The third kappa shape index (κ3) is 6.81. The molecule has 4 atom stereocenters. The minimum Gasteiger partial charge on any atom is -0.444 e. The highest BCUT2D eigenvalue weighted by molar-refractivity contribution is 6.05. The summed E-state index contributed by atoms with van der Waals surface area (Å²) in [6.45, 7) is 16.7. The molecule has 8 rings (SSSR count). The molecule has 276 valence electrons. The summed E-state index contributed by atoms with van der Waals surface area (Å²) in [4.78, 5) is 39.5. The van der Waals surface area contributed by atoms with Gasteiger partial charge in [0.1, 0.15) is 11.2 Å². The molecule has 6 aliphatic rings. The second kappa shape index (κ2) is 13.0. The minimum atomic E-state index is -0.550. The van der Waals surface area contributed by atoms with Crippen molar-refractivity contribution >= 4 is 34.8 Å². The topological polar surface area (TPSA) is 83.8 Å². The molecule has 0 spiro atoms. The molecule has 0 radical (unpaired) electrons. The van der Waals surface area contributed by atoms with Crippen LogP contribution >= 0.6 is 0 Å². The van der Waals surface area contributed by atoms with Crippen LogP contribution in [0.4, 0.5) is 9.59 Å². The molecule has 0 aromatic heterocycles. The van der Waals surface area contributed by atoms with Crippen LogP contribution < -0.4 is 0 Å². The van der Waals surface area contributed by atoms with Gasteiger partial charge in [0.15, 0.2) is 0 Å². The number of benzene rings is 2. The first-order valence-corrected chi connectivity index (χ1v) is 19.2. The van der Waals surface area contributed by atoms with E-state index in [2.05, 4.69) is 62.4 Å². The highest BCUT2D eigenvalue weighted by Crippen LogP contribution is 2.56. The van der Waals surface area contributed by atoms with Gasteiger partial charge in [-0.1, -0.05) is 59.7 Å². The fraction of sp³-hybridized carbons (Fsp3) is 0.467. The second-order valence-corrected chi connectivity index (χ2v) is 17.8. The van der Waals surface area contributed by atoms with E-state index in [9.17, 15) is 9.59 Å². The summed E-state index contributed by atoms with van der Waals surface area (Å²) in [7, 11) is 0. The van der Waals surface area contributed by atoms with Crippen molar-refractivity contribution in [3.8, 4) is 11.1 Å². The van der Waals surface area contributed by atoms with Gasteiger partial charge in [0.05, 0.1) is 12.1 Å². The van der Waals surface area contributed by atoms with E-state index in [1.54, 1.807) is 4.90 Å². The number of hydrogen-bond donors (Lipinski definition) is 0. The number of carbonyl (C=O) groups is 2. The smallest absolute Gasteiger partial charge is 0.411 e. The molecule has 4 heterocycles. The first-order valence-electron chi connectivity index (χ1n) is 19.2. The number of ether oxygens (including phenoxy) is 2. The number of amides is 2. The lowest BCUT2D eigenvalue weighted by atomic mass is 9.73. The maximum atomic E-state index is 13.1. The zero-order valence-corrected chi connectivity index (χ0v) is 32.5. The lowest BCUT2D eigenvalue weighted by molar-refractivity contribution is 0.0264. The maximum absolute atomic E-state index is 13.1. The predicted octanol–water partition coefficient (Wildman–Crippen LogP) is 9.91. The van der Waals surface area contributed by atoms with Gasteiger partial charge in [0.25, 0.3) is 0 Å². The summed E-state index contributed by atoms with van der Waals surface area (Å²) in [5.74, 6) is 1.32. The highest BCUT2D eigenvalue weighted by Gasteiger charge is 2.43. The molecule has 2 amide bonds. The average molecular weight is 713 g/mol. The van der Waals surface area contributed by atoms with Crippen LogP contribution in [-0.4, -0.2) is 69.8 Å². The lowest BCUT2D eigenvalue weighted by Crippen LogP contribution is -2.43. The average Bonchev–Trinajstić information content (AvgIpc) is 3.90. The monoisotopic (exact) mass is 712 g/mol. The van der Waals surface area contributed by atoms with Crippen LogP contribution in [0.3, 0.4) is 0 Å². The molecule has 0 N–H and O–H groups in total. The van der Waals surface area contributed by atoms with E-state index in [1.807, 2.05) is 58.8 Å². The van der Waals surface area contributed by atoms with Gasteiger partial charge < -0.3 is 9.47 Å². The standard InChI is InChI=1S/C45H52N4O4/c1-26-17-39(48(24-26)42(50)52-44(3,4)5)37-20-31(22-46-37)28-9-11-29(12-10-28)34-16-15-33(36-19-30-13-14-35(30)41(34)36)32-21-38(47-23-32)40-18-27(2)25-49(40)43(51)53-45(6,7)8/h9-12,15-18,22-23,30,35,39-40H,13-14,19-21,24-25H2,1-8H3/t30?,35?,39-,40-/m0/s1. The molecular formula is C45H52N4O4. The molecule has 8 nitrogen and oxygen atoms in total. The van der Waals surface area contributed by atoms with Gasteiger partial charge in [-0.2, -0.15) is 0 Å². The van der Waals surface area contributed by atoms with Crippen LogP contribution in [-0.2, 0) is 15.9 Å². The molecule has 2 aromatic carbocycles. The fourth-order valence-corrected chi connectivity index (χ4v) is 8.89. The maximum Gasteiger partial charge on any atom is 0.411 e. The number of carbonyl (C=O) groups excluding carboxylic acids is 2. The Balaban J connectivity index is 0.981. The predicted molar refractivity (Wildman–Crippen MR) is 212 cm³/mol. The first kappa shape index (κ1) is 35.3. The molecule has 0 saturated heterocycles. The SMILES string of the molecule is CC1=C[C@@H](C2=NC=C(c3ccc(-c4ccc(C5=CN=C([C@@H]6C=C(C)CN6C(=O)OC(C)(C)C)C5)c5c4C4CCC4C5)cc3)C2)N(C(=O)OC(C)(C)C)C1. The van der Waals surface area contributed by atoms with E-state index < -0.39 is 11.2 Å². The summed E-state index contributed by atoms with van der Waals surface area (Å²) < 4.78 is 11.5. The van der Waals surface area contributed by atoms with E-state index in [1.165, 1.54) is 46.2 Å². The van der Waals surface area contributed by atoms with Crippen molar-refractivity contribution in [1.29, 1.82) is 0 Å². The molecule has 53 heavy (non-hydrogen) atoms. The summed E-state index contributed by atoms with van der Waals surface area (Å²) >= 11 is 0.